The molecular weight excluding hydrogens is 332 g/mol. The first-order chi connectivity index (χ1) is 12.6. The van der Waals surface area contributed by atoms with Gasteiger partial charge in [-0.05, 0) is 23.8 Å². The number of anilines is 2. The van der Waals surface area contributed by atoms with Crippen molar-refractivity contribution in [2.24, 2.45) is 0 Å². The van der Waals surface area contributed by atoms with Crippen LogP contribution in [0.2, 0.25) is 0 Å². The van der Waals surface area contributed by atoms with E-state index in [0.717, 1.165) is 5.56 Å². The molecule has 0 radical (unpaired) electrons. The third-order valence-corrected chi connectivity index (χ3v) is 4.71. The number of hydrogen-bond acceptors (Lipinski definition) is 3. The summed E-state index contributed by atoms with van der Waals surface area (Å²) >= 11 is 0. The fourth-order valence-electron chi connectivity index (χ4n) is 3.41. The number of benzene rings is 2. The topological polar surface area (TPSA) is 73.0 Å². The zero-order valence-electron chi connectivity index (χ0n) is 14.3. The van der Waals surface area contributed by atoms with Crippen LogP contribution in [0.5, 0.6) is 0 Å². The quantitative estimate of drug-likeness (QED) is 0.864. The molecule has 26 heavy (non-hydrogen) atoms. The molecule has 0 saturated carbocycles. The Kier molecular flexibility index (Phi) is 3.84. The predicted octanol–water partition coefficient (Wildman–Crippen LogP) is 2.36. The van der Waals surface area contributed by atoms with Crippen molar-refractivity contribution in [3.63, 3.8) is 0 Å². The number of urea groups is 2. The van der Waals surface area contributed by atoms with Gasteiger partial charge in [-0.15, -0.1) is 0 Å². The highest BCUT2D eigenvalue weighted by atomic mass is 16.2. The average molecular weight is 350 g/mol. The van der Waals surface area contributed by atoms with Gasteiger partial charge in [-0.25, -0.2) is 14.5 Å². The van der Waals surface area contributed by atoms with Crippen LogP contribution in [0, 0.1) is 0 Å². The van der Waals surface area contributed by atoms with Crippen molar-refractivity contribution in [1.82, 2.24) is 10.2 Å². The van der Waals surface area contributed by atoms with Crippen molar-refractivity contribution in [3.05, 3.63) is 60.2 Å². The monoisotopic (exact) mass is 350 g/mol. The molecule has 5 amide bonds. The van der Waals surface area contributed by atoms with Crippen molar-refractivity contribution >= 4 is 29.3 Å². The van der Waals surface area contributed by atoms with Crippen molar-refractivity contribution in [3.8, 4) is 0 Å². The molecule has 2 heterocycles. The molecule has 0 bridgehead atoms. The fraction of sp³-hybridized carbons (Fsp3) is 0.211. The lowest BCUT2D eigenvalue weighted by Gasteiger charge is -2.18. The first-order valence-electron chi connectivity index (χ1n) is 8.39. The molecule has 0 aromatic heterocycles. The molecule has 2 aliphatic rings. The summed E-state index contributed by atoms with van der Waals surface area (Å²) in [6.07, 6.45) is 0. The van der Waals surface area contributed by atoms with Gasteiger partial charge in [0.05, 0.1) is 5.69 Å². The van der Waals surface area contributed by atoms with E-state index in [1.54, 1.807) is 36.2 Å². The molecule has 0 spiro atoms. The SMILES string of the molecule is CN1C(=O)N(c2cccc(N3CCNC3=O)c2)C(=O)[C@H]1c1ccccc1. The van der Waals surface area contributed by atoms with Crippen LogP contribution in [0.3, 0.4) is 0 Å². The molecule has 2 fully saturated rings. The fourth-order valence-corrected chi connectivity index (χ4v) is 3.41. The highest BCUT2D eigenvalue weighted by Crippen LogP contribution is 2.34. The first kappa shape index (κ1) is 16.1. The maximum absolute atomic E-state index is 13.0. The van der Waals surface area contributed by atoms with Gasteiger partial charge in [0.25, 0.3) is 5.91 Å². The third-order valence-electron chi connectivity index (χ3n) is 4.71. The molecule has 2 saturated heterocycles. The number of rotatable bonds is 3. The minimum atomic E-state index is -0.651. The highest BCUT2D eigenvalue weighted by molar-refractivity contribution is 6.21. The van der Waals surface area contributed by atoms with E-state index in [2.05, 4.69) is 5.32 Å². The second-order valence-corrected chi connectivity index (χ2v) is 6.28. The van der Waals surface area contributed by atoms with E-state index in [0.29, 0.717) is 24.5 Å². The predicted molar refractivity (Wildman–Crippen MR) is 97.0 cm³/mol. The first-order valence-corrected chi connectivity index (χ1v) is 8.39. The van der Waals surface area contributed by atoms with Crippen molar-refractivity contribution < 1.29 is 14.4 Å². The van der Waals surface area contributed by atoms with Gasteiger partial charge in [0.1, 0.15) is 6.04 Å². The van der Waals surface area contributed by atoms with E-state index in [1.807, 2.05) is 30.3 Å². The van der Waals surface area contributed by atoms with E-state index in [1.165, 1.54) is 9.80 Å². The average Bonchev–Trinajstić information content (AvgIpc) is 3.17. The lowest BCUT2D eigenvalue weighted by Crippen LogP contribution is -2.32. The summed E-state index contributed by atoms with van der Waals surface area (Å²) in [6, 6.07) is 14.9. The Bertz CT molecular complexity index is 883. The molecule has 0 aliphatic carbocycles. The lowest BCUT2D eigenvalue weighted by molar-refractivity contribution is -0.119. The summed E-state index contributed by atoms with van der Waals surface area (Å²) in [5.41, 5.74) is 1.89. The van der Waals surface area contributed by atoms with Crippen LogP contribution in [0.15, 0.2) is 54.6 Å². The maximum atomic E-state index is 13.0. The zero-order chi connectivity index (χ0) is 18.3. The Balaban J connectivity index is 1.69. The Morgan fingerprint density at radius 1 is 0.962 bits per heavy atom. The Hall–Kier alpha value is -3.35. The molecule has 1 N–H and O–H groups in total. The number of likely N-dealkylation sites (N-methyl/N-ethyl adjacent to an activating group) is 1. The van der Waals surface area contributed by atoms with Crippen LogP contribution in [-0.2, 0) is 4.79 Å². The highest BCUT2D eigenvalue weighted by Gasteiger charge is 2.44. The summed E-state index contributed by atoms with van der Waals surface area (Å²) in [7, 11) is 1.62. The van der Waals surface area contributed by atoms with Crippen molar-refractivity contribution in [2.45, 2.75) is 6.04 Å². The molecule has 2 aromatic rings. The van der Waals surface area contributed by atoms with Crippen molar-refractivity contribution in [1.29, 1.82) is 0 Å². The molecular formula is C19H18N4O3. The summed E-state index contributed by atoms with van der Waals surface area (Å²) in [5, 5.41) is 2.74. The van der Waals surface area contributed by atoms with E-state index < -0.39 is 6.04 Å². The Labute approximate surface area is 150 Å². The lowest BCUT2D eigenvalue weighted by atomic mass is 10.1. The molecule has 132 valence electrons. The smallest absolute Gasteiger partial charge is 0.332 e. The molecule has 4 rings (SSSR count). The third kappa shape index (κ3) is 2.48. The van der Waals surface area contributed by atoms with E-state index >= 15 is 0 Å². The molecule has 2 aliphatic heterocycles. The summed E-state index contributed by atoms with van der Waals surface area (Å²) in [4.78, 5) is 41.8. The Morgan fingerprint density at radius 3 is 2.38 bits per heavy atom. The standard InChI is InChI=1S/C19H18N4O3/c1-21-16(13-6-3-2-4-7-13)17(24)23(19(21)26)15-9-5-8-14(12-15)22-11-10-20-18(22)25/h2-9,12,16H,10-11H2,1H3,(H,20,25)/t16-/m1/s1. The van der Waals surface area contributed by atoms with Gasteiger partial charge in [0, 0.05) is 25.8 Å². The van der Waals surface area contributed by atoms with Gasteiger partial charge in [-0.2, -0.15) is 0 Å². The van der Waals surface area contributed by atoms with E-state index in [-0.39, 0.29) is 18.0 Å². The van der Waals surface area contributed by atoms with Crippen LogP contribution in [0.25, 0.3) is 0 Å². The molecule has 7 heteroatoms. The number of nitrogens with zero attached hydrogens (tertiary/aromatic N) is 3. The minimum Gasteiger partial charge on any atom is -0.336 e. The van der Waals surface area contributed by atoms with Gasteiger partial charge >= 0.3 is 12.1 Å². The van der Waals surface area contributed by atoms with Crippen molar-refractivity contribution in [2.75, 3.05) is 29.9 Å². The van der Waals surface area contributed by atoms with Crippen LogP contribution in [-0.4, -0.2) is 43.0 Å². The zero-order valence-corrected chi connectivity index (χ0v) is 14.3. The second kappa shape index (κ2) is 6.18. The number of carbonyl (C=O) groups is 3. The van der Waals surface area contributed by atoms with Gasteiger partial charge in [-0.3, -0.25) is 9.69 Å². The number of imide groups is 1. The number of amides is 5. The molecule has 7 nitrogen and oxygen atoms in total. The number of carbonyl (C=O) groups excluding carboxylic acids is 3. The van der Waals surface area contributed by atoms with Crippen LogP contribution < -0.4 is 15.1 Å². The molecule has 0 unspecified atom stereocenters. The second-order valence-electron chi connectivity index (χ2n) is 6.28. The van der Waals surface area contributed by atoms with E-state index in [9.17, 15) is 14.4 Å². The minimum absolute atomic E-state index is 0.180. The normalized spacial score (nSPS) is 20.1. The molecule has 2 aromatic carbocycles. The van der Waals surface area contributed by atoms with Gasteiger partial charge in [0.2, 0.25) is 0 Å². The van der Waals surface area contributed by atoms with Gasteiger partial charge in [0.15, 0.2) is 0 Å². The number of hydrogen-bond donors (Lipinski definition) is 1. The molecule has 1 atom stereocenters. The van der Waals surface area contributed by atoms with Gasteiger partial charge < -0.3 is 10.2 Å². The summed E-state index contributed by atoms with van der Waals surface area (Å²) < 4.78 is 0. The summed E-state index contributed by atoms with van der Waals surface area (Å²) in [5.74, 6) is -0.299. The number of nitrogens with one attached hydrogen (secondary N) is 1. The van der Waals surface area contributed by atoms with Gasteiger partial charge in [-0.1, -0.05) is 36.4 Å². The maximum Gasteiger partial charge on any atom is 0.332 e. The van der Waals surface area contributed by atoms with E-state index in [4.69, 9.17) is 0 Å². The Morgan fingerprint density at radius 2 is 1.69 bits per heavy atom. The largest absolute Gasteiger partial charge is 0.336 e. The summed E-state index contributed by atoms with van der Waals surface area (Å²) in [6.45, 7) is 1.13. The van der Waals surface area contributed by atoms with Crippen LogP contribution >= 0.6 is 0 Å². The van der Waals surface area contributed by atoms with Crippen LogP contribution in [0.1, 0.15) is 11.6 Å². The van der Waals surface area contributed by atoms with Crippen LogP contribution in [0.4, 0.5) is 21.0 Å².